The van der Waals surface area contributed by atoms with Gasteiger partial charge in [-0.3, -0.25) is 0 Å². The molecule has 1 aliphatic rings. The van der Waals surface area contributed by atoms with E-state index in [-0.39, 0.29) is 40.2 Å². The highest BCUT2D eigenvalue weighted by Gasteiger charge is 2.24. The number of benzene rings is 1. The van der Waals surface area contributed by atoms with Crippen molar-refractivity contribution < 1.29 is 10.2 Å². The van der Waals surface area contributed by atoms with Crippen LogP contribution in [0.3, 0.4) is 0 Å². The standard InChI is InChI=1S/C16H17N5O2.C2H6/c17-7-10-14(9-3-2-6-19-8-9)20-16(21-15(10)18)13-11(22)4-1-5-12(13)23;1-2/h1,4-5,9,19,22-23H,2-3,6,8H2,(H2,18,20,21);1-2H3. The summed E-state index contributed by atoms with van der Waals surface area (Å²) in [5.41, 5.74) is 6.86. The Hall–Kier alpha value is -2.85. The lowest BCUT2D eigenvalue weighted by Gasteiger charge is -2.23. The largest absolute Gasteiger partial charge is 0.507 e. The van der Waals surface area contributed by atoms with E-state index in [9.17, 15) is 15.5 Å². The molecule has 1 atom stereocenters. The quantitative estimate of drug-likeness (QED) is 0.660. The van der Waals surface area contributed by atoms with E-state index >= 15 is 0 Å². The van der Waals surface area contributed by atoms with E-state index in [1.165, 1.54) is 18.2 Å². The summed E-state index contributed by atoms with van der Waals surface area (Å²) >= 11 is 0. The molecule has 7 nitrogen and oxygen atoms in total. The second-order valence-electron chi connectivity index (χ2n) is 5.52. The molecule has 0 amide bonds. The van der Waals surface area contributed by atoms with Crippen molar-refractivity contribution in [1.29, 1.82) is 5.26 Å². The molecule has 5 N–H and O–H groups in total. The van der Waals surface area contributed by atoms with Gasteiger partial charge in [-0.1, -0.05) is 19.9 Å². The molecule has 1 unspecified atom stereocenters. The van der Waals surface area contributed by atoms with Crippen LogP contribution in [0.4, 0.5) is 5.82 Å². The number of aromatic hydroxyl groups is 2. The van der Waals surface area contributed by atoms with Gasteiger partial charge < -0.3 is 21.3 Å². The molecule has 25 heavy (non-hydrogen) atoms. The van der Waals surface area contributed by atoms with Gasteiger partial charge in [-0.15, -0.1) is 0 Å². The van der Waals surface area contributed by atoms with Crippen LogP contribution in [0.25, 0.3) is 11.4 Å². The van der Waals surface area contributed by atoms with Crippen molar-refractivity contribution >= 4 is 5.82 Å². The number of hydrogen-bond acceptors (Lipinski definition) is 7. The van der Waals surface area contributed by atoms with Gasteiger partial charge in [0.2, 0.25) is 0 Å². The second kappa shape index (κ2) is 8.31. The highest BCUT2D eigenvalue weighted by molar-refractivity contribution is 5.72. The summed E-state index contributed by atoms with van der Waals surface area (Å²) < 4.78 is 0. The number of rotatable bonds is 2. The van der Waals surface area contributed by atoms with E-state index in [0.29, 0.717) is 12.2 Å². The summed E-state index contributed by atoms with van der Waals surface area (Å²) in [5, 5.41) is 32.7. The molecule has 1 aromatic carbocycles. The van der Waals surface area contributed by atoms with Crippen molar-refractivity contribution in [2.24, 2.45) is 0 Å². The van der Waals surface area contributed by atoms with Crippen molar-refractivity contribution in [1.82, 2.24) is 15.3 Å². The molecule has 1 aromatic heterocycles. The number of aromatic nitrogens is 2. The topological polar surface area (TPSA) is 128 Å². The molecule has 7 heteroatoms. The molecule has 2 heterocycles. The Labute approximate surface area is 147 Å². The number of anilines is 1. The van der Waals surface area contributed by atoms with Crippen molar-refractivity contribution in [2.45, 2.75) is 32.6 Å². The summed E-state index contributed by atoms with van der Waals surface area (Å²) in [6.07, 6.45) is 1.88. The number of hydrogen-bond donors (Lipinski definition) is 4. The smallest absolute Gasteiger partial charge is 0.169 e. The van der Waals surface area contributed by atoms with E-state index in [1.54, 1.807) is 0 Å². The molecule has 1 aliphatic heterocycles. The van der Waals surface area contributed by atoms with Crippen LogP contribution < -0.4 is 11.1 Å². The third kappa shape index (κ3) is 3.80. The number of nitrogen functional groups attached to an aromatic ring is 1. The zero-order valence-corrected chi connectivity index (χ0v) is 14.5. The van der Waals surface area contributed by atoms with Gasteiger partial charge in [0, 0.05) is 12.5 Å². The SMILES string of the molecule is CC.N#Cc1c(N)nc(-c2c(O)cccc2O)nc1C1CCCNC1. The highest BCUT2D eigenvalue weighted by Crippen LogP contribution is 2.37. The molecule has 0 spiro atoms. The van der Waals surface area contributed by atoms with Crippen molar-refractivity contribution in [3.05, 3.63) is 29.5 Å². The van der Waals surface area contributed by atoms with Crippen LogP contribution in [0, 0.1) is 11.3 Å². The average Bonchev–Trinajstić information content (AvgIpc) is 2.63. The third-order valence-electron chi connectivity index (χ3n) is 4.00. The molecule has 1 saturated heterocycles. The highest BCUT2D eigenvalue weighted by atomic mass is 16.3. The average molecular weight is 341 g/mol. The number of phenolic OH excluding ortho intramolecular Hbond substituents is 2. The summed E-state index contributed by atoms with van der Waals surface area (Å²) in [6.45, 7) is 5.64. The molecule has 2 aromatic rings. The van der Waals surface area contributed by atoms with Gasteiger partial charge in [-0.05, 0) is 31.5 Å². The number of piperidine rings is 1. The molecule has 3 rings (SSSR count). The molecular weight excluding hydrogens is 318 g/mol. The number of nitrogens with one attached hydrogen (secondary N) is 1. The van der Waals surface area contributed by atoms with E-state index in [0.717, 1.165) is 19.4 Å². The zero-order valence-electron chi connectivity index (χ0n) is 14.5. The van der Waals surface area contributed by atoms with Crippen LogP contribution in [-0.2, 0) is 0 Å². The fourth-order valence-electron chi connectivity index (χ4n) is 2.86. The molecule has 0 saturated carbocycles. The van der Waals surface area contributed by atoms with Gasteiger partial charge in [-0.25, -0.2) is 9.97 Å². The minimum Gasteiger partial charge on any atom is -0.507 e. The number of nitrogens with two attached hydrogens (primary N) is 1. The Morgan fingerprint density at radius 2 is 1.92 bits per heavy atom. The number of nitriles is 1. The Morgan fingerprint density at radius 1 is 1.24 bits per heavy atom. The molecule has 1 fully saturated rings. The van der Waals surface area contributed by atoms with Gasteiger partial charge in [0.25, 0.3) is 0 Å². The fourth-order valence-corrected chi connectivity index (χ4v) is 2.86. The summed E-state index contributed by atoms with van der Waals surface area (Å²) in [6, 6.07) is 6.47. The minimum absolute atomic E-state index is 0.0513. The fraction of sp³-hybridized carbons (Fsp3) is 0.389. The maximum Gasteiger partial charge on any atom is 0.169 e. The maximum absolute atomic E-state index is 10.0. The Kier molecular flexibility index (Phi) is 6.14. The lowest BCUT2D eigenvalue weighted by atomic mass is 9.93. The monoisotopic (exact) mass is 341 g/mol. The Morgan fingerprint density at radius 3 is 2.48 bits per heavy atom. The minimum atomic E-state index is -0.137. The molecule has 0 radical (unpaired) electrons. The van der Waals surface area contributed by atoms with Crippen LogP contribution in [0.5, 0.6) is 11.5 Å². The van der Waals surface area contributed by atoms with Crippen molar-refractivity contribution in [3.8, 4) is 29.0 Å². The van der Waals surface area contributed by atoms with Crippen molar-refractivity contribution in [3.63, 3.8) is 0 Å². The lowest BCUT2D eigenvalue weighted by molar-refractivity contribution is 0.450. The van der Waals surface area contributed by atoms with Crippen LogP contribution in [-0.4, -0.2) is 33.3 Å². The Balaban J connectivity index is 0.00000109. The number of phenols is 2. The van der Waals surface area contributed by atoms with E-state index in [2.05, 4.69) is 21.4 Å². The lowest BCUT2D eigenvalue weighted by Crippen LogP contribution is -2.29. The van der Waals surface area contributed by atoms with Crippen LogP contribution in [0.2, 0.25) is 0 Å². The predicted molar refractivity (Wildman–Crippen MR) is 96.1 cm³/mol. The van der Waals surface area contributed by atoms with Crippen LogP contribution in [0.1, 0.15) is 43.9 Å². The summed E-state index contributed by atoms with van der Waals surface area (Å²) in [4.78, 5) is 8.54. The van der Waals surface area contributed by atoms with E-state index in [4.69, 9.17) is 5.73 Å². The summed E-state index contributed by atoms with van der Waals surface area (Å²) in [5.74, 6) is -0.0440. The van der Waals surface area contributed by atoms with Crippen LogP contribution >= 0.6 is 0 Å². The predicted octanol–water partition coefficient (Wildman–Crippen LogP) is 2.50. The van der Waals surface area contributed by atoms with Gasteiger partial charge in [-0.2, -0.15) is 5.26 Å². The van der Waals surface area contributed by atoms with Crippen molar-refractivity contribution in [2.75, 3.05) is 18.8 Å². The first-order chi connectivity index (χ1) is 12.1. The van der Waals surface area contributed by atoms with E-state index in [1.807, 2.05) is 13.8 Å². The first-order valence-corrected chi connectivity index (χ1v) is 8.41. The maximum atomic E-state index is 10.0. The molecule has 0 bridgehead atoms. The molecule has 132 valence electrons. The summed E-state index contributed by atoms with van der Waals surface area (Å²) in [7, 11) is 0. The number of nitrogens with zero attached hydrogens (tertiary/aromatic N) is 3. The van der Waals surface area contributed by atoms with Gasteiger partial charge in [0.1, 0.15) is 34.5 Å². The molecular formula is C18H23N5O2. The van der Waals surface area contributed by atoms with Gasteiger partial charge in [0.05, 0.1) is 5.69 Å². The normalized spacial score (nSPS) is 16.4. The first kappa shape index (κ1) is 18.5. The first-order valence-electron chi connectivity index (χ1n) is 8.41. The van der Waals surface area contributed by atoms with Gasteiger partial charge >= 0.3 is 0 Å². The second-order valence-corrected chi connectivity index (χ2v) is 5.52. The molecule has 0 aliphatic carbocycles. The third-order valence-corrected chi connectivity index (χ3v) is 4.00. The van der Waals surface area contributed by atoms with Gasteiger partial charge in [0.15, 0.2) is 5.82 Å². The van der Waals surface area contributed by atoms with E-state index < -0.39 is 0 Å². The van der Waals surface area contributed by atoms with Crippen LogP contribution in [0.15, 0.2) is 18.2 Å². The Bertz CT molecular complexity index is 760. The zero-order chi connectivity index (χ0) is 18.4.